The highest BCUT2D eigenvalue weighted by atomic mass is 32.1. The molecule has 0 bridgehead atoms. The van der Waals surface area contributed by atoms with Crippen molar-refractivity contribution < 1.29 is 9.53 Å². The maximum absolute atomic E-state index is 12.7. The largest absolute Gasteiger partial charge is 0.487 e. The van der Waals surface area contributed by atoms with Crippen molar-refractivity contribution in [2.45, 2.75) is 20.5 Å². The van der Waals surface area contributed by atoms with Crippen LogP contribution in [0, 0.1) is 13.8 Å². The van der Waals surface area contributed by atoms with E-state index in [0.717, 1.165) is 22.0 Å². The molecule has 1 amide bonds. The summed E-state index contributed by atoms with van der Waals surface area (Å²) in [5.74, 6) is 0.592. The number of rotatable bonds is 5. The number of ether oxygens (including phenoxy) is 1. The average Bonchev–Trinajstić information content (AvgIpc) is 3.04. The van der Waals surface area contributed by atoms with E-state index in [2.05, 4.69) is 4.98 Å². The first kappa shape index (κ1) is 17.2. The fourth-order valence-electron chi connectivity index (χ4n) is 2.50. The number of benzene rings is 2. The molecular weight excluding hydrogens is 332 g/mol. The molecule has 3 rings (SSSR count). The van der Waals surface area contributed by atoms with Gasteiger partial charge in [0.2, 0.25) is 0 Å². The SMILES string of the molecule is Cc1cccc(N(C)C(=O)c2cccc(OCc3csc(C)n3)c2)c1. The van der Waals surface area contributed by atoms with E-state index in [1.807, 2.05) is 55.6 Å². The summed E-state index contributed by atoms with van der Waals surface area (Å²) >= 11 is 1.60. The van der Waals surface area contributed by atoms with Crippen LogP contribution >= 0.6 is 11.3 Å². The van der Waals surface area contributed by atoms with Crippen LogP contribution in [-0.2, 0) is 6.61 Å². The van der Waals surface area contributed by atoms with E-state index < -0.39 is 0 Å². The van der Waals surface area contributed by atoms with Crippen LogP contribution in [0.25, 0.3) is 0 Å². The Balaban J connectivity index is 1.72. The minimum absolute atomic E-state index is 0.0689. The van der Waals surface area contributed by atoms with Crippen LogP contribution in [0.15, 0.2) is 53.9 Å². The highest BCUT2D eigenvalue weighted by molar-refractivity contribution is 7.09. The third kappa shape index (κ3) is 4.25. The molecule has 0 saturated heterocycles. The summed E-state index contributed by atoms with van der Waals surface area (Å²) in [6, 6.07) is 15.1. The first-order chi connectivity index (χ1) is 12.0. The van der Waals surface area contributed by atoms with Crippen molar-refractivity contribution in [3.05, 3.63) is 75.7 Å². The van der Waals surface area contributed by atoms with Crippen LogP contribution in [0.2, 0.25) is 0 Å². The summed E-state index contributed by atoms with van der Waals surface area (Å²) < 4.78 is 5.77. The zero-order valence-corrected chi connectivity index (χ0v) is 15.3. The van der Waals surface area contributed by atoms with Crippen LogP contribution in [0.1, 0.15) is 26.6 Å². The monoisotopic (exact) mass is 352 g/mol. The predicted molar refractivity (Wildman–Crippen MR) is 102 cm³/mol. The first-order valence-electron chi connectivity index (χ1n) is 8.01. The summed E-state index contributed by atoms with van der Waals surface area (Å²) in [7, 11) is 1.78. The van der Waals surface area contributed by atoms with Gasteiger partial charge in [0.05, 0.1) is 10.7 Å². The predicted octanol–water partition coefficient (Wildman–Crippen LogP) is 4.62. The highest BCUT2D eigenvalue weighted by Crippen LogP contribution is 2.20. The van der Waals surface area contributed by atoms with Crippen molar-refractivity contribution >= 4 is 22.9 Å². The summed E-state index contributed by atoms with van der Waals surface area (Å²) in [6.45, 7) is 4.38. The number of hydrogen-bond donors (Lipinski definition) is 0. The molecule has 0 saturated carbocycles. The van der Waals surface area contributed by atoms with Crippen LogP contribution in [0.4, 0.5) is 5.69 Å². The van der Waals surface area contributed by atoms with Crippen molar-refractivity contribution in [1.29, 1.82) is 0 Å². The van der Waals surface area contributed by atoms with Crippen molar-refractivity contribution in [3.63, 3.8) is 0 Å². The molecule has 5 heteroatoms. The Morgan fingerprint density at radius 3 is 2.68 bits per heavy atom. The van der Waals surface area contributed by atoms with E-state index in [4.69, 9.17) is 4.74 Å². The number of thiazole rings is 1. The van der Waals surface area contributed by atoms with Gasteiger partial charge < -0.3 is 9.64 Å². The number of aryl methyl sites for hydroxylation is 2. The van der Waals surface area contributed by atoms with Crippen LogP contribution in [0.3, 0.4) is 0 Å². The Hall–Kier alpha value is -2.66. The lowest BCUT2D eigenvalue weighted by Crippen LogP contribution is -2.26. The Bertz CT molecular complexity index is 889. The lowest BCUT2D eigenvalue weighted by molar-refractivity contribution is 0.0992. The second kappa shape index (κ2) is 7.49. The van der Waals surface area contributed by atoms with Gasteiger partial charge in [-0.2, -0.15) is 0 Å². The van der Waals surface area contributed by atoms with Crippen molar-refractivity contribution in [2.75, 3.05) is 11.9 Å². The molecule has 1 heterocycles. The van der Waals surface area contributed by atoms with Gasteiger partial charge in [-0.1, -0.05) is 18.2 Å². The Morgan fingerprint density at radius 1 is 1.16 bits per heavy atom. The normalized spacial score (nSPS) is 10.5. The molecule has 25 heavy (non-hydrogen) atoms. The summed E-state index contributed by atoms with van der Waals surface area (Å²) in [5, 5.41) is 3.00. The van der Waals surface area contributed by atoms with Crippen LogP contribution < -0.4 is 9.64 Å². The lowest BCUT2D eigenvalue weighted by atomic mass is 10.1. The van der Waals surface area contributed by atoms with E-state index in [1.165, 1.54) is 0 Å². The lowest BCUT2D eigenvalue weighted by Gasteiger charge is -2.18. The molecule has 128 valence electrons. The number of carbonyl (C=O) groups is 1. The molecule has 4 nitrogen and oxygen atoms in total. The van der Waals surface area contributed by atoms with Gasteiger partial charge in [-0.15, -0.1) is 11.3 Å². The van der Waals surface area contributed by atoms with E-state index in [1.54, 1.807) is 35.4 Å². The molecule has 0 spiro atoms. The fourth-order valence-corrected chi connectivity index (χ4v) is 3.10. The fraction of sp³-hybridized carbons (Fsp3) is 0.200. The highest BCUT2D eigenvalue weighted by Gasteiger charge is 2.14. The number of anilines is 1. The molecule has 0 fully saturated rings. The molecule has 0 aliphatic heterocycles. The van der Waals surface area contributed by atoms with Crippen molar-refractivity contribution in [2.24, 2.45) is 0 Å². The van der Waals surface area contributed by atoms with Gasteiger partial charge in [0.25, 0.3) is 5.91 Å². The second-order valence-corrected chi connectivity index (χ2v) is 6.94. The molecule has 0 N–H and O–H groups in total. The second-order valence-electron chi connectivity index (χ2n) is 5.88. The number of nitrogens with zero attached hydrogens (tertiary/aromatic N) is 2. The number of amides is 1. The van der Waals surface area contributed by atoms with Crippen molar-refractivity contribution in [1.82, 2.24) is 4.98 Å². The van der Waals surface area contributed by atoms with Gasteiger partial charge in [-0.05, 0) is 49.7 Å². The maximum Gasteiger partial charge on any atom is 0.258 e. The Kier molecular flexibility index (Phi) is 5.14. The molecule has 0 aliphatic rings. The minimum atomic E-state index is -0.0689. The summed E-state index contributed by atoms with van der Waals surface area (Å²) in [5.41, 5.74) is 3.48. The van der Waals surface area contributed by atoms with Gasteiger partial charge >= 0.3 is 0 Å². The summed E-state index contributed by atoms with van der Waals surface area (Å²) in [6.07, 6.45) is 0. The number of aromatic nitrogens is 1. The quantitative estimate of drug-likeness (QED) is 0.673. The number of hydrogen-bond acceptors (Lipinski definition) is 4. The topological polar surface area (TPSA) is 42.4 Å². The zero-order valence-electron chi connectivity index (χ0n) is 14.5. The zero-order chi connectivity index (χ0) is 17.8. The molecule has 3 aromatic rings. The average molecular weight is 352 g/mol. The third-order valence-corrected chi connectivity index (χ3v) is 4.65. The van der Waals surface area contributed by atoms with E-state index in [0.29, 0.717) is 17.9 Å². The third-order valence-electron chi connectivity index (χ3n) is 3.83. The standard InChI is InChI=1S/C20H20N2O2S/c1-14-6-4-8-18(10-14)22(3)20(23)16-7-5-9-19(11-16)24-12-17-13-25-15(2)21-17/h4-11,13H,12H2,1-3H3. The molecule has 0 aliphatic carbocycles. The molecule has 0 unspecified atom stereocenters. The van der Waals surface area contributed by atoms with E-state index in [-0.39, 0.29) is 5.91 Å². The van der Waals surface area contributed by atoms with Gasteiger partial charge in [-0.25, -0.2) is 4.98 Å². The van der Waals surface area contributed by atoms with Gasteiger partial charge in [0.1, 0.15) is 12.4 Å². The first-order valence-corrected chi connectivity index (χ1v) is 8.89. The van der Waals surface area contributed by atoms with Gasteiger partial charge in [-0.3, -0.25) is 4.79 Å². The Morgan fingerprint density at radius 2 is 1.96 bits per heavy atom. The molecule has 2 aromatic carbocycles. The van der Waals surface area contributed by atoms with Gasteiger partial charge in [0, 0.05) is 23.7 Å². The van der Waals surface area contributed by atoms with Crippen molar-refractivity contribution in [3.8, 4) is 5.75 Å². The van der Waals surface area contributed by atoms with Crippen LogP contribution in [0.5, 0.6) is 5.75 Å². The molecule has 0 atom stereocenters. The molecule has 0 radical (unpaired) electrons. The maximum atomic E-state index is 12.7. The summed E-state index contributed by atoms with van der Waals surface area (Å²) in [4.78, 5) is 18.8. The van der Waals surface area contributed by atoms with Gasteiger partial charge in [0.15, 0.2) is 0 Å². The van der Waals surface area contributed by atoms with E-state index >= 15 is 0 Å². The van der Waals surface area contributed by atoms with Crippen LogP contribution in [-0.4, -0.2) is 17.9 Å². The smallest absolute Gasteiger partial charge is 0.258 e. The minimum Gasteiger partial charge on any atom is -0.487 e. The number of carbonyl (C=O) groups excluding carboxylic acids is 1. The Labute approximate surface area is 151 Å². The molecule has 1 aromatic heterocycles. The molecular formula is C20H20N2O2S. The van der Waals surface area contributed by atoms with E-state index in [9.17, 15) is 4.79 Å².